The first-order valence-electron chi connectivity index (χ1n) is 8.64. The minimum Gasteiger partial charge on any atom is -0.490 e. The van der Waals surface area contributed by atoms with E-state index < -0.39 is 0 Å². The molecule has 3 heterocycles. The highest BCUT2D eigenvalue weighted by molar-refractivity contribution is 6.05. The summed E-state index contributed by atoms with van der Waals surface area (Å²) in [7, 11) is 0. The van der Waals surface area contributed by atoms with Gasteiger partial charge in [0.2, 0.25) is 0 Å². The Bertz CT molecular complexity index is 741. The largest absolute Gasteiger partial charge is 0.490 e. The van der Waals surface area contributed by atoms with E-state index in [1.807, 2.05) is 24.3 Å². The van der Waals surface area contributed by atoms with Crippen LogP contribution in [-0.2, 0) is 0 Å². The maximum atomic E-state index is 12.8. The summed E-state index contributed by atoms with van der Waals surface area (Å²) < 4.78 is 5.61. The van der Waals surface area contributed by atoms with Crippen LogP contribution in [0.5, 0.6) is 5.75 Å². The number of fused-ring (bicyclic) bond motifs is 1. The number of para-hydroxylation sites is 2. The van der Waals surface area contributed by atoms with Crippen molar-refractivity contribution in [1.82, 2.24) is 15.3 Å². The number of hydrogen-bond donors (Lipinski definition) is 1. The Hall–Kier alpha value is -2.67. The van der Waals surface area contributed by atoms with E-state index in [9.17, 15) is 4.79 Å². The molecule has 2 aliphatic rings. The highest BCUT2D eigenvalue weighted by atomic mass is 16.5. The molecule has 4 rings (SSSR count). The SMILES string of the molecule is O=C(c1cnc(N2CCCNCC2)cn1)N1CCOc2ccccc21. The molecule has 1 N–H and O–H groups in total. The Balaban J connectivity index is 1.53. The van der Waals surface area contributed by atoms with Crippen LogP contribution in [0.25, 0.3) is 0 Å². The number of nitrogens with zero attached hydrogens (tertiary/aromatic N) is 4. The van der Waals surface area contributed by atoms with Crippen molar-refractivity contribution in [2.75, 3.05) is 49.1 Å². The van der Waals surface area contributed by atoms with Crippen LogP contribution in [0.4, 0.5) is 11.5 Å². The van der Waals surface area contributed by atoms with E-state index in [1.165, 1.54) is 0 Å². The van der Waals surface area contributed by atoms with Gasteiger partial charge in [-0.05, 0) is 25.1 Å². The molecular weight excluding hydrogens is 318 g/mol. The Morgan fingerprint density at radius 2 is 2.00 bits per heavy atom. The van der Waals surface area contributed by atoms with Crippen LogP contribution in [0.3, 0.4) is 0 Å². The molecule has 130 valence electrons. The van der Waals surface area contributed by atoms with Gasteiger partial charge in [-0.25, -0.2) is 9.97 Å². The minimum absolute atomic E-state index is 0.146. The van der Waals surface area contributed by atoms with Gasteiger partial charge in [0.15, 0.2) is 0 Å². The van der Waals surface area contributed by atoms with Crippen LogP contribution < -0.4 is 19.9 Å². The minimum atomic E-state index is -0.146. The van der Waals surface area contributed by atoms with Crippen molar-refractivity contribution in [3.8, 4) is 5.75 Å². The molecule has 1 saturated heterocycles. The molecule has 0 aliphatic carbocycles. The number of anilines is 2. The molecule has 1 amide bonds. The smallest absolute Gasteiger partial charge is 0.278 e. The van der Waals surface area contributed by atoms with Crippen molar-refractivity contribution < 1.29 is 9.53 Å². The van der Waals surface area contributed by atoms with Crippen molar-refractivity contribution in [2.24, 2.45) is 0 Å². The monoisotopic (exact) mass is 339 g/mol. The van der Waals surface area contributed by atoms with Gasteiger partial charge in [0.1, 0.15) is 23.9 Å². The van der Waals surface area contributed by atoms with E-state index in [1.54, 1.807) is 17.3 Å². The molecule has 7 heteroatoms. The summed E-state index contributed by atoms with van der Waals surface area (Å²) in [5, 5.41) is 3.37. The van der Waals surface area contributed by atoms with E-state index in [-0.39, 0.29) is 5.91 Å². The number of aromatic nitrogens is 2. The molecule has 7 nitrogen and oxygen atoms in total. The maximum Gasteiger partial charge on any atom is 0.278 e. The van der Waals surface area contributed by atoms with Gasteiger partial charge in [0.05, 0.1) is 24.6 Å². The van der Waals surface area contributed by atoms with E-state index in [2.05, 4.69) is 20.2 Å². The number of benzene rings is 1. The van der Waals surface area contributed by atoms with Gasteiger partial charge in [0.25, 0.3) is 5.91 Å². The lowest BCUT2D eigenvalue weighted by molar-refractivity contribution is 0.0971. The average molecular weight is 339 g/mol. The van der Waals surface area contributed by atoms with Gasteiger partial charge < -0.3 is 19.9 Å². The number of hydrogen-bond acceptors (Lipinski definition) is 6. The molecular formula is C18H21N5O2. The maximum absolute atomic E-state index is 12.8. The third-order valence-electron chi connectivity index (χ3n) is 4.50. The second-order valence-corrected chi connectivity index (χ2v) is 6.12. The lowest BCUT2D eigenvalue weighted by Gasteiger charge is -2.29. The molecule has 1 fully saturated rings. The highest BCUT2D eigenvalue weighted by Gasteiger charge is 2.25. The van der Waals surface area contributed by atoms with Crippen molar-refractivity contribution >= 4 is 17.4 Å². The fourth-order valence-electron chi connectivity index (χ4n) is 3.19. The lowest BCUT2D eigenvalue weighted by atomic mass is 10.2. The second-order valence-electron chi connectivity index (χ2n) is 6.12. The second kappa shape index (κ2) is 7.06. The molecule has 0 unspecified atom stereocenters. The van der Waals surface area contributed by atoms with Crippen molar-refractivity contribution in [3.63, 3.8) is 0 Å². The Kier molecular flexibility index (Phi) is 4.47. The molecule has 1 aromatic carbocycles. The first kappa shape index (κ1) is 15.8. The molecule has 25 heavy (non-hydrogen) atoms. The van der Waals surface area contributed by atoms with Crippen LogP contribution >= 0.6 is 0 Å². The Morgan fingerprint density at radius 3 is 2.88 bits per heavy atom. The van der Waals surface area contributed by atoms with Crippen molar-refractivity contribution in [1.29, 1.82) is 0 Å². The van der Waals surface area contributed by atoms with Crippen molar-refractivity contribution in [2.45, 2.75) is 6.42 Å². The number of carbonyl (C=O) groups excluding carboxylic acids is 1. The molecule has 1 aromatic heterocycles. The standard InChI is InChI=1S/C18H21N5O2/c24-18(23-10-11-25-16-5-2-1-4-15(16)23)14-12-21-17(13-20-14)22-8-3-6-19-7-9-22/h1-2,4-5,12-13,19H,3,6-11H2. The van der Waals surface area contributed by atoms with Crippen LogP contribution in [0.15, 0.2) is 36.7 Å². The zero-order valence-corrected chi connectivity index (χ0v) is 14.0. The lowest BCUT2D eigenvalue weighted by Crippen LogP contribution is -2.38. The highest BCUT2D eigenvalue weighted by Crippen LogP contribution is 2.31. The first-order valence-corrected chi connectivity index (χ1v) is 8.64. The summed E-state index contributed by atoms with van der Waals surface area (Å²) in [5.41, 5.74) is 1.14. The van der Waals surface area contributed by atoms with Crippen LogP contribution in [0.1, 0.15) is 16.9 Å². The number of nitrogens with one attached hydrogen (secondary N) is 1. The fourth-order valence-corrected chi connectivity index (χ4v) is 3.19. The van der Waals surface area contributed by atoms with Crippen LogP contribution in [-0.4, -0.2) is 55.2 Å². The Labute approximate surface area is 146 Å². The van der Waals surface area contributed by atoms with Gasteiger partial charge in [0, 0.05) is 19.6 Å². The van der Waals surface area contributed by atoms with Crippen molar-refractivity contribution in [3.05, 3.63) is 42.4 Å². The first-order chi connectivity index (χ1) is 12.3. The van der Waals surface area contributed by atoms with Gasteiger partial charge in [-0.2, -0.15) is 0 Å². The topological polar surface area (TPSA) is 70.6 Å². The fraction of sp³-hybridized carbons (Fsp3) is 0.389. The molecule has 2 aliphatic heterocycles. The van der Waals surface area contributed by atoms with E-state index >= 15 is 0 Å². The number of carbonyl (C=O) groups is 1. The zero-order chi connectivity index (χ0) is 17.1. The molecule has 0 atom stereocenters. The molecule has 0 saturated carbocycles. The predicted molar refractivity (Wildman–Crippen MR) is 95.3 cm³/mol. The summed E-state index contributed by atoms with van der Waals surface area (Å²) >= 11 is 0. The number of ether oxygens (including phenoxy) is 1. The zero-order valence-electron chi connectivity index (χ0n) is 14.0. The average Bonchev–Trinajstić information content (AvgIpc) is 2.97. The summed E-state index contributed by atoms with van der Waals surface area (Å²) in [6, 6.07) is 7.56. The normalized spacial score (nSPS) is 17.4. The molecule has 0 radical (unpaired) electrons. The summed E-state index contributed by atoms with van der Waals surface area (Å²) in [6.45, 7) is 4.81. The van der Waals surface area contributed by atoms with Gasteiger partial charge >= 0.3 is 0 Å². The van der Waals surface area contributed by atoms with Gasteiger partial charge in [-0.15, -0.1) is 0 Å². The van der Waals surface area contributed by atoms with Crippen LogP contribution in [0, 0.1) is 0 Å². The van der Waals surface area contributed by atoms with E-state index in [4.69, 9.17) is 4.74 Å². The molecule has 0 bridgehead atoms. The predicted octanol–water partition coefficient (Wildman–Crippen LogP) is 1.32. The summed E-state index contributed by atoms with van der Waals surface area (Å²) in [6.07, 6.45) is 4.35. The van der Waals surface area contributed by atoms with E-state index in [0.717, 1.165) is 49.9 Å². The third-order valence-corrected chi connectivity index (χ3v) is 4.50. The number of rotatable bonds is 2. The molecule has 2 aromatic rings. The Morgan fingerprint density at radius 1 is 1.08 bits per heavy atom. The summed E-state index contributed by atoms with van der Waals surface area (Å²) in [4.78, 5) is 25.6. The van der Waals surface area contributed by atoms with Crippen LogP contribution in [0.2, 0.25) is 0 Å². The molecule has 0 spiro atoms. The quantitative estimate of drug-likeness (QED) is 0.890. The third kappa shape index (κ3) is 3.28. The summed E-state index contributed by atoms with van der Waals surface area (Å²) in [5.74, 6) is 1.40. The number of amides is 1. The van der Waals surface area contributed by atoms with Gasteiger partial charge in [-0.1, -0.05) is 12.1 Å². The van der Waals surface area contributed by atoms with E-state index in [0.29, 0.717) is 18.8 Å². The van der Waals surface area contributed by atoms with Gasteiger partial charge in [-0.3, -0.25) is 4.79 Å².